The third-order valence-corrected chi connectivity index (χ3v) is 4.68. The van der Waals surface area contributed by atoms with Crippen LogP contribution in [0, 0.1) is 0 Å². The minimum atomic E-state index is -0.0488. The molecule has 1 saturated carbocycles. The predicted molar refractivity (Wildman–Crippen MR) is 90.0 cm³/mol. The Hall–Kier alpha value is -1.36. The van der Waals surface area contributed by atoms with Gasteiger partial charge >= 0.3 is 0 Å². The average molecular weight is 322 g/mol. The third-order valence-electron chi connectivity index (χ3n) is 4.68. The summed E-state index contributed by atoms with van der Waals surface area (Å²) in [7, 11) is 0. The summed E-state index contributed by atoms with van der Waals surface area (Å²) in [6.07, 6.45) is 5.33. The van der Waals surface area contributed by atoms with E-state index >= 15 is 0 Å². The number of hydrogen-bond acceptors (Lipinski definition) is 3. The van der Waals surface area contributed by atoms with Crippen LogP contribution < -0.4 is 5.32 Å². The third kappa shape index (κ3) is 4.34. The van der Waals surface area contributed by atoms with E-state index in [0.717, 1.165) is 31.3 Å². The van der Waals surface area contributed by atoms with Crippen molar-refractivity contribution in [2.45, 2.75) is 71.4 Å². The second kappa shape index (κ2) is 8.48. The Morgan fingerprint density at radius 3 is 2.87 bits per heavy atom. The van der Waals surface area contributed by atoms with Crippen LogP contribution in [0.15, 0.2) is 11.1 Å². The standard InChI is InChI=1S/C18H30N2O3/c1-4-23-11-7-10-19-17(21)12-15-14-8-5-6-9-16(14)20(13(2)3)18(15)22/h13,16H,4-12H2,1-3H3,(H,19,21). The molecule has 0 spiro atoms. The normalized spacial score (nSPS) is 21.1. The van der Waals surface area contributed by atoms with Gasteiger partial charge in [0.05, 0.1) is 12.5 Å². The fourth-order valence-corrected chi connectivity index (χ4v) is 3.64. The van der Waals surface area contributed by atoms with Crippen molar-refractivity contribution in [1.82, 2.24) is 10.2 Å². The van der Waals surface area contributed by atoms with Crippen LogP contribution in [0.5, 0.6) is 0 Å². The lowest BCUT2D eigenvalue weighted by Crippen LogP contribution is -2.41. The molecule has 1 aliphatic carbocycles. The largest absolute Gasteiger partial charge is 0.382 e. The molecule has 0 aromatic heterocycles. The quantitative estimate of drug-likeness (QED) is 0.698. The molecule has 0 saturated heterocycles. The molecule has 1 heterocycles. The lowest BCUT2D eigenvalue weighted by molar-refractivity contribution is -0.130. The fraction of sp³-hybridized carbons (Fsp3) is 0.778. The Morgan fingerprint density at radius 1 is 1.39 bits per heavy atom. The average Bonchev–Trinajstić information content (AvgIpc) is 2.80. The number of ether oxygens (including phenoxy) is 1. The maximum atomic E-state index is 12.7. The number of carbonyl (C=O) groups is 2. The number of fused-ring (bicyclic) bond motifs is 1. The van der Waals surface area contributed by atoms with Gasteiger partial charge in [0.1, 0.15) is 0 Å². The van der Waals surface area contributed by atoms with E-state index in [1.54, 1.807) is 0 Å². The molecule has 0 radical (unpaired) electrons. The van der Waals surface area contributed by atoms with Gasteiger partial charge in [0.2, 0.25) is 5.91 Å². The highest BCUT2D eigenvalue weighted by molar-refractivity contribution is 6.02. The summed E-state index contributed by atoms with van der Waals surface area (Å²) in [5.74, 6) is 0.0265. The molecule has 1 aliphatic heterocycles. The van der Waals surface area contributed by atoms with Crippen LogP contribution >= 0.6 is 0 Å². The highest BCUT2D eigenvalue weighted by atomic mass is 16.5. The molecular formula is C18H30N2O3. The summed E-state index contributed by atoms with van der Waals surface area (Å²) in [5.41, 5.74) is 1.98. The van der Waals surface area contributed by atoms with E-state index in [9.17, 15) is 9.59 Å². The van der Waals surface area contributed by atoms with Crippen LogP contribution in [0.3, 0.4) is 0 Å². The second-order valence-electron chi connectivity index (χ2n) is 6.65. The number of rotatable bonds is 8. The fourth-order valence-electron chi connectivity index (χ4n) is 3.64. The number of carbonyl (C=O) groups excluding carboxylic acids is 2. The van der Waals surface area contributed by atoms with Gasteiger partial charge in [-0.05, 0) is 52.0 Å². The molecule has 2 rings (SSSR count). The minimum absolute atomic E-state index is 0.0488. The van der Waals surface area contributed by atoms with E-state index in [4.69, 9.17) is 4.74 Å². The van der Waals surface area contributed by atoms with Gasteiger partial charge in [0, 0.05) is 31.4 Å². The van der Waals surface area contributed by atoms with Gasteiger partial charge in [0.25, 0.3) is 5.91 Å². The van der Waals surface area contributed by atoms with Crippen LogP contribution in [0.25, 0.3) is 0 Å². The SMILES string of the molecule is CCOCCCNC(=O)CC1=C2CCCCC2N(C(C)C)C1=O. The zero-order valence-electron chi connectivity index (χ0n) is 14.7. The van der Waals surface area contributed by atoms with Crippen molar-refractivity contribution < 1.29 is 14.3 Å². The highest BCUT2D eigenvalue weighted by Gasteiger charge is 2.41. The number of nitrogens with one attached hydrogen (secondary N) is 1. The zero-order valence-corrected chi connectivity index (χ0v) is 14.7. The van der Waals surface area contributed by atoms with E-state index in [-0.39, 0.29) is 30.3 Å². The summed E-state index contributed by atoms with van der Waals surface area (Å²) in [6.45, 7) is 8.03. The van der Waals surface area contributed by atoms with Gasteiger partial charge in [-0.15, -0.1) is 0 Å². The smallest absolute Gasteiger partial charge is 0.251 e. The Kier molecular flexibility index (Phi) is 6.63. The molecule has 1 unspecified atom stereocenters. The van der Waals surface area contributed by atoms with Crippen molar-refractivity contribution in [1.29, 1.82) is 0 Å². The number of amides is 2. The van der Waals surface area contributed by atoms with Crippen molar-refractivity contribution in [3.63, 3.8) is 0 Å². The molecule has 5 heteroatoms. The lowest BCUT2D eigenvalue weighted by atomic mass is 9.88. The van der Waals surface area contributed by atoms with E-state index in [1.807, 2.05) is 11.8 Å². The Morgan fingerprint density at radius 2 is 2.17 bits per heavy atom. The monoisotopic (exact) mass is 322 g/mol. The van der Waals surface area contributed by atoms with Crippen molar-refractivity contribution in [3.05, 3.63) is 11.1 Å². The molecule has 0 aromatic rings. The number of hydrogen-bond donors (Lipinski definition) is 1. The van der Waals surface area contributed by atoms with Crippen LogP contribution in [0.2, 0.25) is 0 Å². The first-order valence-electron chi connectivity index (χ1n) is 8.95. The van der Waals surface area contributed by atoms with E-state index in [0.29, 0.717) is 19.8 Å². The van der Waals surface area contributed by atoms with Gasteiger partial charge in [0.15, 0.2) is 0 Å². The lowest BCUT2D eigenvalue weighted by Gasteiger charge is -2.33. The summed E-state index contributed by atoms with van der Waals surface area (Å²) in [6, 6.07) is 0.421. The molecule has 2 amide bonds. The van der Waals surface area contributed by atoms with Crippen LogP contribution in [0.1, 0.15) is 59.3 Å². The highest BCUT2D eigenvalue weighted by Crippen LogP contribution is 2.38. The van der Waals surface area contributed by atoms with Gasteiger partial charge in [-0.25, -0.2) is 0 Å². The maximum Gasteiger partial charge on any atom is 0.251 e. The summed E-state index contributed by atoms with van der Waals surface area (Å²) in [5, 5.41) is 2.90. The Labute approximate surface area is 139 Å². The van der Waals surface area contributed by atoms with Crippen molar-refractivity contribution >= 4 is 11.8 Å². The molecule has 0 bridgehead atoms. The molecule has 0 aromatic carbocycles. The van der Waals surface area contributed by atoms with E-state index in [2.05, 4.69) is 19.2 Å². The zero-order chi connectivity index (χ0) is 16.8. The first-order valence-corrected chi connectivity index (χ1v) is 8.95. The van der Waals surface area contributed by atoms with Gasteiger partial charge in [-0.2, -0.15) is 0 Å². The summed E-state index contributed by atoms with van der Waals surface area (Å²) in [4.78, 5) is 26.9. The predicted octanol–water partition coefficient (Wildman–Crippen LogP) is 2.41. The second-order valence-corrected chi connectivity index (χ2v) is 6.65. The van der Waals surface area contributed by atoms with E-state index < -0.39 is 0 Å². The molecule has 1 N–H and O–H groups in total. The molecule has 5 nitrogen and oxygen atoms in total. The van der Waals surface area contributed by atoms with Gasteiger partial charge in [-0.3, -0.25) is 9.59 Å². The molecule has 2 aliphatic rings. The Balaban J connectivity index is 1.94. The van der Waals surface area contributed by atoms with Crippen molar-refractivity contribution in [2.75, 3.05) is 19.8 Å². The first kappa shape index (κ1) is 18.0. The molecule has 130 valence electrons. The summed E-state index contributed by atoms with van der Waals surface area (Å²) < 4.78 is 5.26. The van der Waals surface area contributed by atoms with Crippen LogP contribution in [-0.4, -0.2) is 48.6 Å². The van der Waals surface area contributed by atoms with Crippen molar-refractivity contribution in [2.24, 2.45) is 0 Å². The molecule has 23 heavy (non-hydrogen) atoms. The molecule has 1 atom stereocenters. The summed E-state index contributed by atoms with van der Waals surface area (Å²) >= 11 is 0. The van der Waals surface area contributed by atoms with Gasteiger partial charge < -0.3 is 15.0 Å². The molecular weight excluding hydrogens is 292 g/mol. The van der Waals surface area contributed by atoms with Crippen molar-refractivity contribution in [3.8, 4) is 0 Å². The van der Waals surface area contributed by atoms with E-state index in [1.165, 1.54) is 12.0 Å². The van der Waals surface area contributed by atoms with Gasteiger partial charge in [-0.1, -0.05) is 6.42 Å². The Bertz CT molecular complexity index is 471. The molecule has 1 fully saturated rings. The van der Waals surface area contributed by atoms with Crippen LogP contribution in [-0.2, 0) is 14.3 Å². The topological polar surface area (TPSA) is 58.6 Å². The van der Waals surface area contributed by atoms with Crippen LogP contribution in [0.4, 0.5) is 0 Å². The number of nitrogens with zero attached hydrogens (tertiary/aromatic N) is 1. The minimum Gasteiger partial charge on any atom is -0.382 e. The maximum absolute atomic E-state index is 12.7. The first-order chi connectivity index (χ1) is 11.1.